The van der Waals surface area contributed by atoms with Crippen molar-refractivity contribution in [2.24, 2.45) is 0 Å². The largest absolute Gasteiger partial charge is 0.350 e. The zero-order chi connectivity index (χ0) is 17.3. The molecule has 24 heavy (non-hydrogen) atoms. The molecule has 2 aromatic heterocycles. The lowest BCUT2D eigenvalue weighted by Crippen LogP contribution is -2.32. The van der Waals surface area contributed by atoms with Crippen molar-refractivity contribution in [3.05, 3.63) is 69.8 Å². The first-order valence-corrected chi connectivity index (χ1v) is 7.20. The van der Waals surface area contributed by atoms with Crippen molar-refractivity contribution in [2.75, 3.05) is 0 Å². The Kier molecular flexibility index (Phi) is 4.11. The minimum Gasteiger partial charge on any atom is -0.350 e. The Hall–Kier alpha value is -3.03. The van der Waals surface area contributed by atoms with Crippen molar-refractivity contribution in [1.29, 1.82) is 0 Å². The van der Waals surface area contributed by atoms with Crippen LogP contribution in [0.3, 0.4) is 0 Å². The maximum atomic E-state index is 13.5. The van der Waals surface area contributed by atoms with Crippen LogP contribution in [-0.4, -0.2) is 20.1 Å². The lowest BCUT2D eigenvalue weighted by molar-refractivity contribution is -0.122. The van der Waals surface area contributed by atoms with Gasteiger partial charge < -0.3 is 5.32 Å². The van der Waals surface area contributed by atoms with Crippen LogP contribution in [0.15, 0.2) is 41.3 Å². The summed E-state index contributed by atoms with van der Waals surface area (Å²) >= 11 is 0. The van der Waals surface area contributed by atoms with E-state index in [0.717, 1.165) is 15.3 Å². The third-order valence-electron chi connectivity index (χ3n) is 3.56. The summed E-state index contributed by atoms with van der Waals surface area (Å²) in [6.45, 7) is 1.47. The molecule has 0 bridgehead atoms. The van der Waals surface area contributed by atoms with E-state index in [1.165, 1.54) is 18.2 Å². The molecule has 0 fully saturated rings. The predicted molar refractivity (Wildman–Crippen MR) is 82.4 cm³/mol. The topological polar surface area (TPSA) is 68.4 Å². The van der Waals surface area contributed by atoms with E-state index in [1.807, 2.05) is 0 Å². The predicted octanol–water partition coefficient (Wildman–Crippen LogP) is 1.40. The normalized spacial score (nSPS) is 11.0. The van der Waals surface area contributed by atoms with Gasteiger partial charge in [0.2, 0.25) is 5.91 Å². The summed E-state index contributed by atoms with van der Waals surface area (Å²) in [5.41, 5.74) is 0.764. The number of hydrogen-bond acceptors (Lipinski definition) is 3. The fraction of sp³-hybridized carbons (Fsp3) is 0.188. The molecule has 0 atom stereocenters. The molecule has 1 N–H and O–H groups in total. The quantitative estimate of drug-likeness (QED) is 0.785. The number of carbonyl (C=O) groups is 1. The second-order valence-electron chi connectivity index (χ2n) is 5.38. The lowest BCUT2D eigenvalue weighted by Gasteiger charge is -2.06. The van der Waals surface area contributed by atoms with Crippen LogP contribution in [0.2, 0.25) is 0 Å². The molecule has 6 nitrogen and oxygen atoms in total. The van der Waals surface area contributed by atoms with E-state index in [4.69, 9.17) is 0 Å². The highest BCUT2D eigenvalue weighted by Crippen LogP contribution is 2.08. The summed E-state index contributed by atoms with van der Waals surface area (Å²) in [5.74, 6) is -1.38. The Morgan fingerprint density at radius 1 is 1.25 bits per heavy atom. The first kappa shape index (κ1) is 15.9. The number of carbonyl (C=O) groups excluding carboxylic acids is 1. The van der Waals surface area contributed by atoms with Gasteiger partial charge in [-0.3, -0.25) is 4.79 Å². The van der Waals surface area contributed by atoms with E-state index in [-0.39, 0.29) is 24.6 Å². The summed E-state index contributed by atoms with van der Waals surface area (Å²) in [4.78, 5) is 24.0. The van der Waals surface area contributed by atoms with Gasteiger partial charge in [0.15, 0.2) is 5.65 Å². The average Bonchev–Trinajstić information content (AvgIpc) is 2.85. The van der Waals surface area contributed by atoms with E-state index >= 15 is 0 Å². The van der Waals surface area contributed by atoms with Crippen molar-refractivity contribution >= 4 is 11.6 Å². The molecular formula is C16H14F2N4O2. The summed E-state index contributed by atoms with van der Waals surface area (Å²) in [7, 11) is 0. The number of aromatic nitrogens is 3. The highest BCUT2D eigenvalue weighted by Gasteiger charge is 2.11. The lowest BCUT2D eigenvalue weighted by atomic mass is 10.1. The molecule has 2 heterocycles. The first-order chi connectivity index (χ1) is 11.4. The average molecular weight is 332 g/mol. The molecule has 0 aliphatic rings. The molecule has 0 unspecified atom stereocenters. The SMILES string of the molecule is Cc1ccc(CNC(=O)Cn2nc3ccc(F)cn3c2=O)cc1F. The maximum absolute atomic E-state index is 13.5. The van der Waals surface area contributed by atoms with Crippen LogP contribution >= 0.6 is 0 Å². The third-order valence-corrected chi connectivity index (χ3v) is 3.56. The second kappa shape index (κ2) is 6.23. The summed E-state index contributed by atoms with van der Waals surface area (Å²) in [5, 5.41) is 6.54. The van der Waals surface area contributed by atoms with E-state index in [0.29, 0.717) is 11.1 Å². The third kappa shape index (κ3) is 3.17. The number of nitrogens with one attached hydrogen (secondary N) is 1. The molecule has 124 valence electrons. The van der Waals surface area contributed by atoms with Crippen LogP contribution in [0, 0.1) is 18.6 Å². The van der Waals surface area contributed by atoms with Crippen LogP contribution in [-0.2, 0) is 17.9 Å². The molecular weight excluding hydrogens is 318 g/mol. The highest BCUT2D eigenvalue weighted by atomic mass is 19.1. The number of benzene rings is 1. The number of nitrogens with zero attached hydrogens (tertiary/aromatic N) is 3. The Morgan fingerprint density at radius 2 is 2.04 bits per heavy atom. The van der Waals surface area contributed by atoms with E-state index in [2.05, 4.69) is 10.4 Å². The maximum Gasteiger partial charge on any atom is 0.350 e. The van der Waals surface area contributed by atoms with E-state index in [9.17, 15) is 18.4 Å². The van der Waals surface area contributed by atoms with Gasteiger partial charge in [0.05, 0.1) is 6.20 Å². The monoisotopic (exact) mass is 332 g/mol. The number of amides is 1. The van der Waals surface area contributed by atoms with Gasteiger partial charge in [-0.1, -0.05) is 12.1 Å². The van der Waals surface area contributed by atoms with Gasteiger partial charge in [-0.15, -0.1) is 5.10 Å². The van der Waals surface area contributed by atoms with Crippen LogP contribution in [0.25, 0.3) is 5.65 Å². The number of fused-ring (bicyclic) bond motifs is 1. The van der Waals surface area contributed by atoms with Crippen LogP contribution in [0.5, 0.6) is 0 Å². The fourth-order valence-corrected chi connectivity index (χ4v) is 2.23. The van der Waals surface area contributed by atoms with Gasteiger partial charge in [0, 0.05) is 6.54 Å². The van der Waals surface area contributed by atoms with Crippen LogP contribution in [0.1, 0.15) is 11.1 Å². The molecule has 3 aromatic rings. The van der Waals surface area contributed by atoms with Crippen molar-refractivity contribution in [3.63, 3.8) is 0 Å². The Balaban J connectivity index is 1.70. The summed E-state index contributed by atoms with van der Waals surface area (Å²) < 4.78 is 28.6. The van der Waals surface area contributed by atoms with Crippen molar-refractivity contribution in [2.45, 2.75) is 20.0 Å². The van der Waals surface area contributed by atoms with E-state index < -0.39 is 17.4 Å². The second-order valence-corrected chi connectivity index (χ2v) is 5.38. The number of hydrogen-bond donors (Lipinski definition) is 1. The molecule has 0 aliphatic carbocycles. The Labute approximate surface area is 135 Å². The minimum absolute atomic E-state index is 0.132. The molecule has 8 heteroatoms. The van der Waals surface area contributed by atoms with Gasteiger partial charge >= 0.3 is 5.69 Å². The molecule has 0 spiro atoms. The highest BCUT2D eigenvalue weighted by molar-refractivity contribution is 5.75. The van der Waals surface area contributed by atoms with Crippen molar-refractivity contribution in [3.8, 4) is 0 Å². The van der Waals surface area contributed by atoms with Gasteiger partial charge in [0.1, 0.15) is 18.2 Å². The number of aryl methyl sites for hydroxylation is 1. The van der Waals surface area contributed by atoms with Crippen LogP contribution in [0.4, 0.5) is 8.78 Å². The zero-order valence-corrected chi connectivity index (χ0v) is 12.8. The standard InChI is InChI=1S/C16H14F2N4O2/c1-10-2-3-11(6-13(10)18)7-19-15(23)9-22-16(24)21-8-12(17)4-5-14(21)20-22/h2-6,8H,7,9H2,1H3,(H,19,23). The number of rotatable bonds is 4. The van der Waals surface area contributed by atoms with Crippen molar-refractivity contribution < 1.29 is 13.6 Å². The molecule has 1 amide bonds. The smallest absolute Gasteiger partial charge is 0.350 e. The number of halogens is 2. The van der Waals surface area contributed by atoms with Gasteiger partial charge in [0.25, 0.3) is 0 Å². The molecule has 0 saturated carbocycles. The van der Waals surface area contributed by atoms with Gasteiger partial charge in [-0.25, -0.2) is 22.7 Å². The first-order valence-electron chi connectivity index (χ1n) is 7.20. The zero-order valence-electron chi connectivity index (χ0n) is 12.8. The molecule has 3 rings (SSSR count). The summed E-state index contributed by atoms with van der Waals surface area (Å²) in [6.07, 6.45) is 1.01. The van der Waals surface area contributed by atoms with Gasteiger partial charge in [-0.05, 0) is 36.2 Å². The van der Waals surface area contributed by atoms with Crippen LogP contribution < -0.4 is 11.0 Å². The summed E-state index contributed by atoms with van der Waals surface area (Å²) in [6, 6.07) is 7.20. The molecule has 0 radical (unpaired) electrons. The van der Waals surface area contributed by atoms with Crippen molar-refractivity contribution in [1.82, 2.24) is 19.5 Å². The molecule has 0 aliphatic heterocycles. The minimum atomic E-state index is -0.610. The Bertz CT molecular complexity index is 978. The van der Waals surface area contributed by atoms with E-state index in [1.54, 1.807) is 19.1 Å². The molecule has 0 saturated heterocycles. The number of pyridine rings is 1. The molecule has 1 aromatic carbocycles. The van der Waals surface area contributed by atoms with Gasteiger partial charge in [-0.2, -0.15) is 0 Å². The Morgan fingerprint density at radius 3 is 2.79 bits per heavy atom. The fourth-order valence-electron chi connectivity index (χ4n) is 2.23.